The van der Waals surface area contributed by atoms with E-state index < -0.39 is 0 Å². The van der Waals surface area contributed by atoms with Gasteiger partial charge in [-0.05, 0) is 112 Å². The number of aryl methyl sites for hydroxylation is 1. The number of pyridine rings is 1. The summed E-state index contributed by atoms with van der Waals surface area (Å²) in [6.07, 6.45) is 8.19. The van der Waals surface area contributed by atoms with E-state index in [2.05, 4.69) is 83.1 Å². The number of anilines is 1. The van der Waals surface area contributed by atoms with Gasteiger partial charge in [0.25, 0.3) is 0 Å². The average molecular weight is 488 g/mol. The third kappa shape index (κ3) is 5.47. The molecule has 3 aromatic rings. The summed E-state index contributed by atoms with van der Waals surface area (Å²) in [7, 11) is 0. The number of nitrogens with zero attached hydrogens (tertiary/aromatic N) is 3. The van der Waals surface area contributed by atoms with Gasteiger partial charge in [-0.1, -0.05) is 26.8 Å². The van der Waals surface area contributed by atoms with Crippen LogP contribution in [0.2, 0.25) is 0 Å². The fourth-order valence-electron chi connectivity index (χ4n) is 6.58. The van der Waals surface area contributed by atoms with Crippen LogP contribution >= 0.6 is 0 Å². The van der Waals surface area contributed by atoms with Crippen molar-refractivity contribution in [3.05, 3.63) is 47.7 Å². The van der Waals surface area contributed by atoms with E-state index >= 15 is 0 Å². The molecule has 0 bridgehead atoms. The van der Waals surface area contributed by atoms with Crippen LogP contribution in [0.3, 0.4) is 0 Å². The largest absolute Gasteiger partial charge is 0.370 e. The second-order valence-electron chi connectivity index (χ2n) is 11.3. The molecule has 0 radical (unpaired) electrons. The van der Waals surface area contributed by atoms with Crippen LogP contribution in [0.5, 0.6) is 0 Å². The van der Waals surface area contributed by atoms with Gasteiger partial charge in [0.2, 0.25) is 0 Å². The fraction of sp³-hybridized carbons (Fsp3) is 0.581. The third-order valence-electron chi connectivity index (χ3n) is 8.39. The molecule has 2 N–H and O–H groups in total. The Bertz CT molecular complexity index is 1130. The minimum absolute atomic E-state index is 0.677. The molecule has 0 unspecified atom stereocenters. The van der Waals surface area contributed by atoms with Crippen molar-refractivity contribution in [1.29, 1.82) is 0 Å². The normalized spacial score (nSPS) is 18.9. The van der Waals surface area contributed by atoms with Gasteiger partial charge in [-0.25, -0.2) is 4.98 Å². The molecule has 2 aromatic heterocycles. The monoisotopic (exact) mass is 487 g/mol. The lowest BCUT2D eigenvalue weighted by Gasteiger charge is -2.42. The molecule has 36 heavy (non-hydrogen) atoms. The Morgan fingerprint density at radius 2 is 1.78 bits per heavy atom. The van der Waals surface area contributed by atoms with Gasteiger partial charge in [-0.3, -0.25) is 0 Å². The minimum Gasteiger partial charge on any atom is -0.370 e. The molecular formula is C31H45N5. The summed E-state index contributed by atoms with van der Waals surface area (Å²) < 4.78 is 0. The lowest BCUT2D eigenvalue weighted by molar-refractivity contribution is 0.0828. The van der Waals surface area contributed by atoms with Crippen molar-refractivity contribution < 1.29 is 0 Å². The molecule has 0 amide bonds. The Hall–Kier alpha value is -2.37. The Labute approximate surface area is 217 Å². The maximum Gasteiger partial charge on any atom is 0.126 e. The average Bonchev–Trinajstić information content (AvgIpc) is 3.27. The summed E-state index contributed by atoms with van der Waals surface area (Å²) in [5.74, 6) is 2.39. The first-order valence-corrected chi connectivity index (χ1v) is 14.4. The number of rotatable bonds is 8. The highest BCUT2D eigenvalue weighted by Gasteiger charge is 2.29. The zero-order valence-electron chi connectivity index (χ0n) is 22.8. The second kappa shape index (κ2) is 11.4. The van der Waals surface area contributed by atoms with E-state index in [1.54, 1.807) is 0 Å². The quantitative estimate of drug-likeness (QED) is 0.379. The first-order chi connectivity index (χ1) is 17.6. The topological polar surface area (TPSA) is 47.2 Å². The van der Waals surface area contributed by atoms with Crippen LogP contribution in [0.15, 0.2) is 36.5 Å². The first kappa shape index (κ1) is 25.3. The molecule has 0 atom stereocenters. The van der Waals surface area contributed by atoms with Crippen molar-refractivity contribution in [3.8, 4) is 11.3 Å². The van der Waals surface area contributed by atoms with Crippen LogP contribution in [0.4, 0.5) is 5.82 Å². The predicted octanol–water partition coefficient (Wildman–Crippen LogP) is 6.52. The van der Waals surface area contributed by atoms with Crippen molar-refractivity contribution in [3.63, 3.8) is 0 Å². The zero-order chi connectivity index (χ0) is 25.1. The SMILES string of the molecule is CCNc1cc(-c2[nH]c3ccc(C4CCN(C5CCN(CC(C)C)CC5)CC4)cc3c2CC)ccn1. The standard InChI is InChI=1S/C31H45N5/c1-5-27-28-19-24(7-8-29(28)34-31(27)25-9-14-33-30(20-25)32-6-2)23-10-17-36(18-11-23)26-12-15-35(16-13-26)21-22(3)4/h7-9,14,19-20,22-23,26,34H,5-6,10-13,15-18,21H2,1-4H3,(H,32,33). The van der Waals surface area contributed by atoms with Crippen LogP contribution in [-0.2, 0) is 6.42 Å². The molecule has 2 saturated heterocycles. The third-order valence-corrected chi connectivity index (χ3v) is 8.39. The first-order valence-electron chi connectivity index (χ1n) is 14.4. The Morgan fingerprint density at radius 3 is 2.47 bits per heavy atom. The number of aromatic amines is 1. The Kier molecular flexibility index (Phi) is 7.97. The molecular weight excluding hydrogens is 442 g/mol. The van der Waals surface area contributed by atoms with Gasteiger partial charge in [-0.2, -0.15) is 0 Å². The number of aromatic nitrogens is 2. The number of hydrogen-bond acceptors (Lipinski definition) is 4. The summed E-state index contributed by atoms with van der Waals surface area (Å²) >= 11 is 0. The van der Waals surface area contributed by atoms with Crippen molar-refractivity contribution in [1.82, 2.24) is 19.8 Å². The lowest BCUT2D eigenvalue weighted by atomic mass is 9.87. The van der Waals surface area contributed by atoms with E-state index in [4.69, 9.17) is 0 Å². The number of fused-ring (bicyclic) bond motifs is 1. The van der Waals surface area contributed by atoms with Crippen LogP contribution < -0.4 is 5.32 Å². The van der Waals surface area contributed by atoms with Crippen LogP contribution in [0.1, 0.15) is 70.4 Å². The van der Waals surface area contributed by atoms with Crippen molar-refractivity contribution in [2.45, 2.75) is 71.8 Å². The highest BCUT2D eigenvalue weighted by molar-refractivity contribution is 5.91. The van der Waals surface area contributed by atoms with E-state index in [0.717, 1.165) is 30.7 Å². The molecule has 0 saturated carbocycles. The van der Waals surface area contributed by atoms with Crippen molar-refractivity contribution in [2.75, 3.05) is 44.6 Å². The smallest absolute Gasteiger partial charge is 0.126 e. The second-order valence-corrected chi connectivity index (χ2v) is 11.3. The molecule has 194 valence electrons. The summed E-state index contributed by atoms with van der Waals surface area (Å²) in [6.45, 7) is 16.3. The van der Waals surface area contributed by atoms with Gasteiger partial charge in [-0.15, -0.1) is 0 Å². The van der Waals surface area contributed by atoms with Gasteiger partial charge in [0.15, 0.2) is 0 Å². The summed E-state index contributed by atoms with van der Waals surface area (Å²) in [4.78, 5) is 13.7. The molecule has 0 spiro atoms. The number of piperidine rings is 2. The van der Waals surface area contributed by atoms with Crippen LogP contribution in [-0.4, -0.2) is 65.1 Å². The number of hydrogen-bond donors (Lipinski definition) is 2. The molecule has 2 aliphatic heterocycles. The molecule has 4 heterocycles. The lowest BCUT2D eigenvalue weighted by Crippen LogP contribution is -2.48. The number of H-pyrrole nitrogens is 1. The van der Waals surface area contributed by atoms with Crippen LogP contribution in [0, 0.1) is 5.92 Å². The molecule has 5 rings (SSSR count). The van der Waals surface area contributed by atoms with Gasteiger partial charge in [0.1, 0.15) is 5.82 Å². The van der Waals surface area contributed by atoms with Crippen LogP contribution in [0.25, 0.3) is 22.2 Å². The number of nitrogens with one attached hydrogen (secondary N) is 2. The summed E-state index contributed by atoms with van der Waals surface area (Å²) in [5.41, 5.74) is 6.65. The Balaban J connectivity index is 1.27. The van der Waals surface area contributed by atoms with Gasteiger partial charge < -0.3 is 20.1 Å². The maximum atomic E-state index is 4.46. The number of benzene rings is 1. The van der Waals surface area contributed by atoms with E-state index in [1.165, 1.54) is 91.7 Å². The predicted molar refractivity (Wildman–Crippen MR) is 153 cm³/mol. The maximum absolute atomic E-state index is 4.46. The fourth-order valence-corrected chi connectivity index (χ4v) is 6.58. The molecule has 2 fully saturated rings. The van der Waals surface area contributed by atoms with Crippen molar-refractivity contribution in [2.24, 2.45) is 5.92 Å². The number of likely N-dealkylation sites (tertiary alicyclic amines) is 2. The summed E-state index contributed by atoms with van der Waals surface area (Å²) in [6, 6.07) is 12.3. The van der Waals surface area contributed by atoms with Gasteiger partial charge >= 0.3 is 0 Å². The van der Waals surface area contributed by atoms with Gasteiger partial charge in [0, 0.05) is 47.5 Å². The highest BCUT2D eigenvalue weighted by atomic mass is 15.2. The molecule has 1 aromatic carbocycles. The zero-order valence-corrected chi connectivity index (χ0v) is 22.8. The van der Waals surface area contributed by atoms with E-state index in [-0.39, 0.29) is 0 Å². The Morgan fingerprint density at radius 1 is 1.00 bits per heavy atom. The highest BCUT2D eigenvalue weighted by Crippen LogP contribution is 2.36. The van der Waals surface area contributed by atoms with Crippen molar-refractivity contribution >= 4 is 16.7 Å². The van der Waals surface area contributed by atoms with E-state index in [0.29, 0.717) is 5.92 Å². The van der Waals surface area contributed by atoms with E-state index in [9.17, 15) is 0 Å². The molecule has 0 aliphatic carbocycles. The molecule has 2 aliphatic rings. The minimum atomic E-state index is 0.677. The summed E-state index contributed by atoms with van der Waals surface area (Å²) in [5, 5.41) is 4.74. The van der Waals surface area contributed by atoms with E-state index in [1.807, 2.05) is 6.20 Å². The molecule has 5 nitrogen and oxygen atoms in total. The van der Waals surface area contributed by atoms with Gasteiger partial charge in [0.05, 0.1) is 0 Å². The molecule has 5 heteroatoms.